The van der Waals surface area contributed by atoms with E-state index in [1.54, 1.807) is 12.1 Å². The van der Waals surface area contributed by atoms with Crippen molar-refractivity contribution >= 4 is 29.2 Å². The largest absolute Gasteiger partial charge is 0.465 e. The Kier molecular flexibility index (Phi) is 4.47. The number of ether oxygens (including phenoxy) is 1. The van der Waals surface area contributed by atoms with Crippen molar-refractivity contribution in [2.45, 2.75) is 6.92 Å². The number of para-hydroxylation sites is 1. The molecule has 0 atom stereocenters. The summed E-state index contributed by atoms with van der Waals surface area (Å²) in [7, 11) is 1.39. The molecule has 3 aromatic rings. The topological polar surface area (TPSA) is 41.9 Å². The second-order valence-electron chi connectivity index (χ2n) is 6.33. The van der Waals surface area contributed by atoms with Crippen LogP contribution in [0.4, 0.5) is 17.1 Å². The summed E-state index contributed by atoms with van der Waals surface area (Å²) < 4.78 is 4.77. The Morgan fingerprint density at radius 1 is 0.963 bits per heavy atom. The zero-order valence-electron chi connectivity index (χ0n) is 15.3. The van der Waals surface area contributed by atoms with Crippen LogP contribution in [0.1, 0.15) is 22.8 Å². The zero-order valence-corrected chi connectivity index (χ0v) is 15.3. The standard InChI is InChI=1S/C23H20N2O2/c1-3-25-21-7-5-4-6-19(21)15-24-20-13-12-18(14-22(20)25)16-8-10-17(11-9-16)23(26)27-2/h4-15H,3H2,1-2H3. The smallest absolute Gasteiger partial charge is 0.337 e. The van der Waals surface area contributed by atoms with E-state index in [0.29, 0.717) is 5.56 Å². The van der Waals surface area contributed by atoms with Crippen LogP contribution in [-0.2, 0) is 4.74 Å². The lowest BCUT2D eigenvalue weighted by Gasteiger charge is -2.25. The van der Waals surface area contributed by atoms with Gasteiger partial charge in [-0.05, 0) is 48.4 Å². The number of fused-ring (bicyclic) bond motifs is 2. The van der Waals surface area contributed by atoms with Crippen LogP contribution in [0.5, 0.6) is 0 Å². The van der Waals surface area contributed by atoms with Gasteiger partial charge < -0.3 is 9.64 Å². The van der Waals surface area contributed by atoms with Crippen LogP contribution >= 0.6 is 0 Å². The lowest BCUT2D eigenvalue weighted by Crippen LogP contribution is -2.16. The monoisotopic (exact) mass is 356 g/mol. The molecule has 1 heterocycles. The van der Waals surface area contributed by atoms with Crippen LogP contribution in [0.2, 0.25) is 0 Å². The number of anilines is 2. The van der Waals surface area contributed by atoms with Gasteiger partial charge in [-0.25, -0.2) is 4.79 Å². The van der Waals surface area contributed by atoms with E-state index in [1.807, 2.05) is 30.5 Å². The highest BCUT2D eigenvalue weighted by atomic mass is 16.5. The van der Waals surface area contributed by atoms with Crippen molar-refractivity contribution in [1.82, 2.24) is 0 Å². The number of nitrogens with zero attached hydrogens (tertiary/aromatic N) is 2. The first-order valence-corrected chi connectivity index (χ1v) is 8.94. The molecule has 134 valence electrons. The molecule has 3 aromatic carbocycles. The van der Waals surface area contributed by atoms with Crippen molar-refractivity contribution in [3.8, 4) is 11.1 Å². The molecule has 0 aliphatic carbocycles. The summed E-state index contributed by atoms with van der Waals surface area (Å²) in [5.74, 6) is -0.327. The van der Waals surface area contributed by atoms with Crippen molar-refractivity contribution in [1.29, 1.82) is 0 Å². The predicted octanol–water partition coefficient (Wildman–Crippen LogP) is 5.36. The Bertz CT molecular complexity index is 1020. The summed E-state index contributed by atoms with van der Waals surface area (Å²) in [5, 5.41) is 0. The van der Waals surface area contributed by atoms with Crippen molar-refractivity contribution < 1.29 is 9.53 Å². The summed E-state index contributed by atoms with van der Waals surface area (Å²) in [6.07, 6.45) is 1.93. The first kappa shape index (κ1) is 17.0. The second kappa shape index (κ2) is 7.08. The van der Waals surface area contributed by atoms with E-state index in [2.05, 4.69) is 47.1 Å². The molecule has 0 saturated heterocycles. The van der Waals surface area contributed by atoms with Crippen LogP contribution in [0.3, 0.4) is 0 Å². The predicted molar refractivity (Wildman–Crippen MR) is 110 cm³/mol. The molecule has 0 fully saturated rings. The molecule has 1 aliphatic heterocycles. The van der Waals surface area contributed by atoms with Crippen molar-refractivity contribution in [2.75, 3.05) is 18.6 Å². The zero-order chi connectivity index (χ0) is 18.8. The van der Waals surface area contributed by atoms with Gasteiger partial charge in [0, 0.05) is 24.0 Å². The minimum absolute atomic E-state index is 0.327. The molecule has 27 heavy (non-hydrogen) atoms. The van der Waals surface area contributed by atoms with Gasteiger partial charge in [0.05, 0.1) is 24.0 Å². The Morgan fingerprint density at radius 2 is 1.70 bits per heavy atom. The van der Waals surface area contributed by atoms with Gasteiger partial charge in [0.1, 0.15) is 0 Å². The molecular formula is C23H20N2O2. The number of carbonyl (C=O) groups is 1. The van der Waals surface area contributed by atoms with Crippen LogP contribution in [0.15, 0.2) is 71.7 Å². The molecule has 0 spiro atoms. The molecule has 0 N–H and O–H groups in total. The van der Waals surface area contributed by atoms with Crippen molar-refractivity contribution in [2.24, 2.45) is 4.99 Å². The third-order valence-corrected chi connectivity index (χ3v) is 4.79. The van der Waals surface area contributed by atoms with Gasteiger partial charge in [0.2, 0.25) is 0 Å². The average Bonchev–Trinajstić information content (AvgIpc) is 2.89. The first-order chi connectivity index (χ1) is 13.2. The van der Waals surface area contributed by atoms with E-state index in [1.165, 1.54) is 7.11 Å². The SMILES string of the molecule is CCN1c2ccccc2C=Nc2ccc(-c3ccc(C(=O)OC)cc3)cc21. The molecule has 0 unspecified atom stereocenters. The normalized spacial score (nSPS) is 12.1. The van der Waals surface area contributed by atoms with Crippen molar-refractivity contribution in [3.05, 3.63) is 77.9 Å². The summed E-state index contributed by atoms with van der Waals surface area (Å²) in [6, 6.07) is 22.0. The molecule has 0 aromatic heterocycles. The fourth-order valence-electron chi connectivity index (χ4n) is 3.40. The third-order valence-electron chi connectivity index (χ3n) is 4.79. The molecule has 0 bridgehead atoms. The maximum absolute atomic E-state index is 11.6. The maximum atomic E-state index is 11.6. The lowest BCUT2D eigenvalue weighted by molar-refractivity contribution is 0.0601. The van der Waals surface area contributed by atoms with E-state index >= 15 is 0 Å². The number of hydrogen-bond acceptors (Lipinski definition) is 4. The van der Waals surface area contributed by atoms with Crippen LogP contribution in [-0.4, -0.2) is 25.8 Å². The van der Waals surface area contributed by atoms with Crippen molar-refractivity contribution in [3.63, 3.8) is 0 Å². The average molecular weight is 356 g/mol. The van der Waals surface area contributed by atoms with Gasteiger partial charge in [-0.15, -0.1) is 0 Å². The maximum Gasteiger partial charge on any atom is 0.337 e. The summed E-state index contributed by atoms with van der Waals surface area (Å²) >= 11 is 0. The number of hydrogen-bond donors (Lipinski definition) is 0. The summed E-state index contributed by atoms with van der Waals surface area (Å²) in [5.41, 5.74) is 6.96. The molecule has 0 radical (unpaired) electrons. The minimum atomic E-state index is -0.327. The Hall–Kier alpha value is -3.40. The van der Waals surface area contributed by atoms with Gasteiger partial charge in [0.25, 0.3) is 0 Å². The highest BCUT2D eigenvalue weighted by molar-refractivity contribution is 5.97. The quantitative estimate of drug-likeness (QED) is 0.593. The molecule has 4 nitrogen and oxygen atoms in total. The Morgan fingerprint density at radius 3 is 2.44 bits per heavy atom. The molecular weight excluding hydrogens is 336 g/mol. The highest BCUT2D eigenvalue weighted by Gasteiger charge is 2.18. The third kappa shape index (κ3) is 3.10. The van der Waals surface area contributed by atoms with E-state index in [0.717, 1.165) is 40.3 Å². The Labute approximate surface area is 158 Å². The number of benzene rings is 3. The molecule has 0 amide bonds. The number of rotatable bonds is 3. The Balaban J connectivity index is 1.77. The van der Waals surface area contributed by atoms with E-state index < -0.39 is 0 Å². The highest BCUT2D eigenvalue weighted by Crippen LogP contribution is 2.40. The number of esters is 1. The lowest BCUT2D eigenvalue weighted by atomic mass is 10.0. The number of aliphatic imine (C=N–C) groups is 1. The summed E-state index contributed by atoms with van der Waals surface area (Å²) in [6.45, 7) is 2.99. The summed E-state index contributed by atoms with van der Waals surface area (Å²) in [4.78, 5) is 18.6. The fourth-order valence-corrected chi connectivity index (χ4v) is 3.40. The molecule has 4 heteroatoms. The minimum Gasteiger partial charge on any atom is -0.465 e. The van der Waals surface area contributed by atoms with Gasteiger partial charge in [-0.2, -0.15) is 0 Å². The molecule has 1 aliphatic rings. The van der Waals surface area contributed by atoms with E-state index in [9.17, 15) is 4.79 Å². The second-order valence-corrected chi connectivity index (χ2v) is 6.33. The fraction of sp³-hybridized carbons (Fsp3) is 0.130. The number of methoxy groups -OCH3 is 1. The molecule has 4 rings (SSSR count). The first-order valence-electron chi connectivity index (χ1n) is 8.94. The van der Waals surface area contributed by atoms with Gasteiger partial charge >= 0.3 is 5.97 Å². The van der Waals surface area contributed by atoms with Crippen LogP contribution in [0.25, 0.3) is 11.1 Å². The molecule has 0 saturated carbocycles. The van der Waals surface area contributed by atoms with E-state index in [-0.39, 0.29) is 5.97 Å². The van der Waals surface area contributed by atoms with Crippen LogP contribution in [0, 0.1) is 0 Å². The van der Waals surface area contributed by atoms with Gasteiger partial charge in [0.15, 0.2) is 0 Å². The van der Waals surface area contributed by atoms with E-state index in [4.69, 9.17) is 4.74 Å². The van der Waals surface area contributed by atoms with Crippen LogP contribution < -0.4 is 4.90 Å². The van der Waals surface area contributed by atoms with Gasteiger partial charge in [-0.1, -0.05) is 36.4 Å². The number of carbonyl (C=O) groups excluding carboxylic acids is 1. The van der Waals surface area contributed by atoms with Gasteiger partial charge in [-0.3, -0.25) is 4.99 Å².